The van der Waals surface area contributed by atoms with Gasteiger partial charge < -0.3 is 44.6 Å². The number of hydrogen-bond acceptors (Lipinski definition) is 13. The van der Waals surface area contributed by atoms with E-state index >= 15 is 0 Å². The first kappa shape index (κ1) is 57.7. The van der Waals surface area contributed by atoms with Gasteiger partial charge in [-0.1, -0.05) is 113 Å². The third-order valence-electron chi connectivity index (χ3n) is 9.95. The van der Waals surface area contributed by atoms with Crippen molar-refractivity contribution in [2.75, 3.05) is 26.4 Å². The van der Waals surface area contributed by atoms with Crippen LogP contribution in [0, 0.1) is 11.8 Å². The molecule has 0 aliphatic heterocycles. The smallest absolute Gasteiger partial charge is 0.462 e. The molecular formula is C44H76O16P2. The first-order valence-electron chi connectivity index (χ1n) is 22.2. The van der Waals surface area contributed by atoms with Gasteiger partial charge in [-0.15, -0.1) is 0 Å². The van der Waals surface area contributed by atoms with Gasteiger partial charge >= 0.3 is 27.6 Å². The number of phosphoric acid groups is 2. The third kappa shape index (κ3) is 31.5. The lowest BCUT2D eigenvalue weighted by molar-refractivity contribution is -0.161. The van der Waals surface area contributed by atoms with Gasteiger partial charge in [-0.05, 0) is 70.1 Å². The Morgan fingerprint density at radius 3 is 2.00 bits per heavy atom. The Morgan fingerprint density at radius 2 is 1.29 bits per heavy atom. The third-order valence-corrected chi connectivity index (χ3v) is 11.4. The summed E-state index contributed by atoms with van der Waals surface area (Å²) in [6.45, 7) is 1.24. The average molecular weight is 923 g/mol. The summed E-state index contributed by atoms with van der Waals surface area (Å²) in [5.74, 6) is -1.74. The van der Waals surface area contributed by atoms with E-state index in [4.69, 9.17) is 23.8 Å². The highest BCUT2D eigenvalue weighted by atomic mass is 31.2. The standard InChI is InChI=1S/C44H76O16P2/c1-3-5-7-8-9-10-11-12-13-14-15-16-17-18-24-28-44(50)60-38(35-59-62(54,55)58-33-37(46)32-57-61(51,52)53)34-56-43(49)27-23-20-19-22-26-39-40(42(48)31-41(39)47)30-29-36(45)25-21-6-4-2/h5,7,9-10,12-13,19,22,29-30,36-42,45-48H,3-4,6,8,11,14-18,20-21,23-28,31-35H2,1-2H3,(H,54,55)(H2,51,52,53)/b7-5-,10-9-,13-12-,22-19+,30-29+/t36-,37-,38+,39+,40+,41-,42+/m0/s1. The highest BCUT2D eigenvalue weighted by Gasteiger charge is 2.39. The van der Waals surface area contributed by atoms with Crippen molar-refractivity contribution in [3.63, 3.8) is 0 Å². The van der Waals surface area contributed by atoms with Crippen molar-refractivity contribution in [3.8, 4) is 0 Å². The number of ether oxygens (including phenoxy) is 2. The van der Waals surface area contributed by atoms with Crippen LogP contribution < -0.4 is 0 Å². The van der Waals surface area contributed by atoms with Crippen LogP contribution in [0.1, 0.15) is 136 Å². The summed E-state index contributed by atoms with van der Waals surface area (Å²) in [6, 6.07) is 0. The maximum Gasteiger partial charge on any atom is 0.472 e. The van der Waals surface area contributed by atoms with Crippen molar-refractivity contribution in [2.45, 2.75) is 166 Å². The fourth-order valence-electron chi connectivity index (χ4n) is 6.53. The van der Waals surface area contributed by atoms with Crippen molar-refractivity contribution in [1.29, 1.82) is 0 Å². The van der Waals surface area contributed by atoms with Gasteiger partial charge in [-0.25, -0.2) is 9.13 Å². The van der Waals surface area contributed by atoms with E-state index in [0.29, 0.717) is 32.1 Å². The second-order valence-corrected chi connectivity index (χ2v) is 18.2. The van der Waals surface area contributed by atoms with Crippen molar-refractivity contribution < 1.29 is 76.9 Å². The zero-order chi connectivity index (χ0) is 46.1. The van der Waals surface area contributed by atoms with Crippen molar-refractivity contribution in [1.82, 2.24) is 0 Å². The largest absolute Gasteiger partial charge is 0.472 e. The number of aliphatic hydroxyl groups excluding tert-OH is 4. The van der Waals surface area contributed by atoms with Gasteiger partial charge in [0, 0.05) is 25.2 Å². The Labute approximate surface area is 369 Å². The van der Waals surface area contributed by atoms with E-state index in [1.807, 2.05) is 18.2 Å². The second kappa shape index (κ2) is 35.0. The highest BCUT2D eigenvalue weighted by molar-refractivity contribution is 7.47. The van der Waals surface area contributed by atoms with Gasteiger partial charge in [0.15, 0.2) is 6.10 Å². The first-order chi connectivity index (χ1) is 29.6. The van der Waals surface area contributed by atoms with Gasteiger partial charge in [0.2, 0.25) is 0 Å². The fourth-order valence-corrected chi connectivity index (χ4v) is 7.69. The Balaban J connectivity index is 2.58. The SMILES string of the molecule is CC/C=C\C/C=C\C/C=C\CCCCCCCC(=O)O[C@H](COC(=O)CCC/C=C/C[C@@H]1[C@@H](/C=C/[C@@H](O)CCCCC)[C@H](O)C[C@@H]1O)COP(=O)(O)OC[C@@H](O)COP(=O)(O)O. The number of aliphatic hydroxyl groups is 4. The van der Waals surface area contributed by atoms with Gasteiger partial charge in [0.1, 0.15) is 12.7 Å². The maximum absolute atomic E-state index is 12.7. The summed E-state index contributed by atoms with van der Waals surface area (Å²) in [5, 5.41) is 41.1. The molecule has 1 unspecified atom stereocenters. The average Bonchev–Trinajstić information content (AvgIpc) is 3.49. The number of phosphoric ester groups is 2. The number of carbonyl (C=O) groups is 2. The van der Waals surface area contributed by atoms with Crippen LogP contribution in [-0.2, 0) is 41.8 Å². The minimum Gasteiger partial charge on any atom is -0.462 e. The van der Waals surface area contributed by atoms with E-state index in [-0.39, 0.29) is 31.1 Å². The molecule has 1 aliphatic rings. The summed E-state index contributed by atoms with van der Waals surface area (Å²) in [5.41, 5.74) is 0. The number of carbonyl (C=O) groups excluding carboxylic acids is 2. The van der Waals surface area contributed by atoms with Crippen LogP contribution in [0.2, 0.25) is 0 Å². The van der Waals surface area contributed by atoms with E-state index in [0.717, 1.165) is 70.6 Å². The van der Waals surface area contributed by atoms with Crippen molar-refractivity contribution >= 4 is 27.6 Å². The quantitative estimate of drug-likeness (QED) is 0.0137. The minimum atomic E-state index is -4.90. The molecule has 8 atom stereocenters. The number of allylic oxidation sites excluding steroid dienone is 8. The van der Waals surface area contributed by atoms with Crippen molar-refractivity contribution in [2.24, 2.45) is 11.8 Å². The predicted molar refractivity (Wildman–Crippen MR) is 236 cm³/mol. The zero-order valence-corrected chi connectivity index (χ0v) is 38.6. The Bertz CT molecular complexity index is 1440. The topological polar surface area (TPSA) is 256 Å². The fraction of sp³-hybridized carbons (Fsp3) is 0.727. The van der Waals surface area contributed by atoms with Crippen LogP contribution in [0.15, 0.2) is 60.8 Å². The Kier molecular flexibility index (Phi) is 32.6. The summed E-state index contributed by atoms with van der Waals surface area (Å²) >= 11 is 0. The lowest BCUT2D eigenvalue weighted by Gasteiger charge is -2.20. The molecule has 0 spiro atoms. The molecule has 0 bridgehead atoms. The number of esters is 2. The molecule has 1 saturated carbocycles. The molecule has 0 amide bonds. The molecule has 358 valence electrons. The normalized spacial score (nSPS) is 21.1. The Hall–Kier alpha value is -2.30. The molecule has 18 heteroatoms. The summed E-state index contributed by atoms with van der Waals surface area (Å²) < 4.78 is 47.7. The van der Waals surface area contributed by atoms with E-state index in [1.165, 1.54) is 0 Å². The molecule has 0 aromatic carbocycles. The zero-order valence-electron chi connectivity index (χ0n) is 36.8. The highest BCUT2D eigenvalue weighted by Crippen LogP contribution is 2.44. The summed E-state index contributed by atoms with van der Waals surface area (Å²) in [6.07, 6.45) is 28.8. The van der Waals surface area contributed by atoms with Gasteiger partial charge in [-0.2, -0.15) is 0 Å². The summed E-state index contributed by atoms with van der Waals surface area (Å²) in [7, 11) is -9.77. The monoisotopic (exact) mass is 922 g/mol. The molecule has 1 aliphatic carbocycles. The van der Waals surface area contributed by atoms with E-state index in [9.17, 15) is 44.0 Å². The van der Waals surface area contributed by atoms with Gasteiger partial charge in [-0.3, -0.25) is 23.2 Å². The second-order valence-electron chi connectivity index (χ2n) is 15.6. The lowest BCUT2D eigenvalue weighted by Crippen LogP contribution is -2.30. The van der Waals surface area contributed by atoms with E-state index in [2.05, 4.69) is 59.4 Å². The van der Waals surface area contributed by atoms with Crippen LogP contribution >= 0.6 is 15.6 Å². The van der Waals surface area contributed by atoms with Gasteiger partial charge in [0.05, 0.1) is 38.1 Å². The summed E-state index contributed by atoms with van der Waals surface area (Å²) in [4.78, 5) is 52.9. The van der Waals surface area contributed by atoms with Crippen LogP contribution in [0.5, 0.6) is 0 Å². The predicted octanol–water partition coefficient (Wildman–Crippen LogP) is 7.61. The Morgan fingerprint density at radius 1 is 0.677 bits per heavy atom. The molecular weight excluding hydrogens is 846 g/mol. The molecule has 1 fully saturated rings. The molecule has 0 radical (unpaired) electrons. The molecule has 16 nitrogen and oxygen atoms in total. The van der Waals surface area contributed by atoms with E-state index in [1.54, 1.807) is 6.08 Å². The maximum atomic E-state index is 12.7. The minimum absolute atomic E-state index is 0.0118. The molecule has 62 heavy (non-hydrogen) atoms. The molecule has 0 saturated heterocycles. The molecule has 1 rings (SSSR count). The lowest BCUT2D eigenvalue weighted by atomic mass is 9.89. The van der Waals surface area contributed by atoms with Crippen LogP contribution in [-0.4, -0.2) is 104 Å². The number of rotatable bonds is 37. The van der Waals surface area contributed by atoms with E-state index < -0.39 is 84.5 Å². The van der Waals surface area contributed by atoms with Gasteiger partial charge in [0.25, 0.3) is 0 Å². The van der Waals surface area contributed by atoms with Crippen LogP contribution in [0.3, 0.4) is 0 Å². The molecule has 0 aromatic rings. The van der Waals surface area contributed by atoms with Crippen LogP contribution in [0.4, 0.5) is 0 Å². The molecule has 0 heterocycles. The molecule has 7 N–H and O–H groups in total. The number of unbranched alkanes of at least 4 members (excludes halogenated alkanes) is 8. The van der Waals surface area contributed by atoms with Crippen molar-refractivity contribution in [3.05, 3.63) is 60.8 Å². The number of hydrogen-bond donors (Lipinski definition) is 7. The first-order valence-corrected chi connectivity index (χ1v) is 25.3. The molecule has 0 aromatic heterocycles. The van der Waals surface area contributed by atoms with Crippen LogP contribution in [0.25, 0.3) is 0 Å².